The van der Waals surface area contributed by atoms with Crippen LogP contribution in [0.3, 0.4) is 0 Å². The van der Waals surface area contributed by atoms with Crippen molar-refractivity contribution in [2.75, 3.05) is 25.6 Å². The first-order valence-electron chi connectivity index (χ1n) is 22.7. The Morgan fingerprint density at radius 2 is 1.53 bits per heavy atom. The summed E-state index contributed by atoms with van der Waals surface area (Å²) in [6, 6.07) is 12.3. The number of nitrogen functional groups attached to an aromatic ring is 1. The number of nitrogens with zero attached hydrogens (tertiary/aromatic N) is 5. The second-order valence-corrected chi connectivity index (χ2v) is 22.3. The third-order valence-electron chi connectivity index (χ3n) is 11.8. The van der Waals surface area contributed by atoms with E-state index in [1.165, 1.54) is 57.0 Å². The van der Waals surface area contributed by atoms with E-state index < -0.39 is 94.3 Å². The van der Waals surface area contributed by atoms with Crippen LogP contribution in [0.2, 0.25) is 0 Å². The molecule has 3 unspecified atom stereocenters. The Hall–Kier alpha value is -4.87. The highest BCUT2D eigenvalue weighted by Gasteiger charge is 2.55. The number of carbonyl (C=O) groups excluding carboxylic acids is 1. The number of fused-ring (bicyclic) bond motifs is 3. The van der Waals surface area contributed by atoms with Crippen LogP contribution in [0.15, 0.2) is 77.0 Å². The van der Waals surface area contributed by atoms with Gasteiger partial charge in [0.2, 0.25) is 0 Å². The number of hydrogen-bond acceptors (Lipinski definition) is 18. The number of nitrogens with two attached hydrogens (primary N) is 1. The Balaban J connectivity index is 0.962. The number of phosphoric ester groups is 1. The maximum Gasteiger partial charge on any atom is 0.472 e. The van der Waals surface area contributed by atoms with Gasteiger partial charge in [-0.25, -0.2) is 42.5 Å². The highest BCUT2D eigenvalue weighted by atomic mass is 32.7. The average Bonchev–Trinajstić information content (AvgIpc) is 3.99. The quantitative estimate of drug-likeness (QED) is 0.0353. The standard InChI is InChI=1S/C44H53F2N7O14P2S/c1-3-4-5-6-7-8-9-10-19-60-29-15-16-30(26(2)20-29)43(55)63-28-13-11-27(12-14-28)23-70-69(59)62-22-32-37(34(45)42(65-32)53-25-50-36-39(47)48-24-49-40(36)53)66-68(57,58)61-21-31-38(67-69)35(46)41(64-31)52-18-17-33(54)51-44(52)56/h11-18,20,24-25,31-32,34-35,37-38,41-42H,3-10,19,21-23H2,1-2H3,(H,57,58)(H2,47,48,49)(H,51,54,56)/t31-,32-,34-,35-,37-,38-,41?,42-,69?/m1/s1. The number of aryl methyl sites for hydroxylation is 1. The third kappa shape index (κ3) is 12.2. The number of unbranched alkanes of at least 4 members (excludes halogenated alkanes) is 7. The smallest absolute Gasteiger partial charge is 0.472 e. The van der Waals surface area contributed by atoms with Crippen LogP contribution in [-0.4, -0.2) is 96.5 Å². The fraction of sp³-hybridized carbons (Fsp3) is 0.500. The second-order valence-electron chi connectivity index (χ2n) is 16.9. The van der Waals surface area contributed by atoms with E-state index in [1.807, 2.05) is 4.98 Å². The Labute approximate surface area is 403 Å². The summed E-state index contributed by atoms with van der Waals surface area (Å²) in [6.07, 6.45) is -2.28. The molecule has 70 heavy (non-hydrogen) atoms. The van der Waals surface area contributed by atoms with Gasteiger partial charge in [0, 0.05) is 18.0 Å². The molecule has 0 saturated carbocycles. The van der Waals surface area contributed by atoms with E-state index in [1.54, 1.807) is 37.3 Å². The molecular weight excluding hydrogens is 983 g/mol. The number of nitrogens with one attached hydrogen (secondary N) is 1. The summed E-state index contributed by atoms with van der Waals surface area (Å²) in [5.41, 5.74) is 5.77. The summed E-state index contributed by atoms with van der Waals surface area (Å²) in [5, 5.41) is 0. The van der Waals surface area contributed by atoms with Crippen LogP contribution >= 0.6 is 26.0 Å². The lowest BCUT2D eigenvalue weighted by molar-refractivity contribution is -0.0619. The first kappa shape index (κ1) is 51.5. The van der Waals surface area contributed by atoms with Gasteiger partial charge in [0.05, 0.1) is 31.7 Å². The van der Waals surface area contributed by atoms with E-state index in [4.69, 9.17) is 42.8 Å². The number of benzene rings is 2. The number of H-pyrrole nitrogens is 1. The van der Waals surface area contributed by atoms with Crippen LogP contribution in [0.1, 0.15) is 92.2 Å². The molecular formula is C44H53F2N7O14P2S. The van der Waals surface area contributed by atoms with Crippen LogP contribution < -0.4 is 26.5 Å². The molecule has 8 rings (SSSR count). The van der Waals surface area contributed by atoms with Gasteiger partial charge in [0.25, 0.3) is 5.56 Å². The molecule has 2 aromatic carbocycles. The fourth-order valence-electron chi connectivity index (χ4n) is 8.15. The Kier molecular flexibility index (Phi) is 16.7. The number of imidazole rings is 1. The molecule has 3 aromatic heterocycles. The van der Waals surface area contributed by atoms with Gasteiger partial charge in [0.15, 0.2) is 36.3 Å². The SMILES string of the molecule is CCCCCCCCCCOc1ccc(C(=O)Oc2ccc(CSP3(=O)OC[C@H]4O[C@@H](n5cnc6c(N)ncnc65)[C@H](F)[C@@H]4OP(=O)(O)OC[C@H]4OC(n5ccc(=O)[nH]c5=O)[C@H](F)[C@@H]4O3)cc2)c(C)c1. The van der Waals surface area contributed by atoms with Gasteiger partial charge in [-0.2, -0.15) is 0 Å². The van der Waals surface area contributed by atoms with E-state index >= 15 is 8.78 Å². The Morgan fingerprint density at radius 3 is 2.23 bits per heavy atom. The van der Waals surface area contributed by atoms with Crippen molar-refractivity contribution in [2.24, 2.45) is 0 Å². The number of carbonyl (C=O) groups is 1. The van der Waals surface area contributed by atoms with Crippen molar-refractivity contribution < 1.29 is 64.6 Å². The fourth-order valence-corrected chi connectivity index (χ4v) is 12.5. The summed E-state index contributed by atoms with van der Waals surface area (Å²) in [4.78, 5) is 62.7. The van der Waals surface area contributed by atoms with Crippen molar-refractivity contribution in [1.82, 2.24) is 29.1 Å². The summed E-state index contributed by atoms with van der Waals surface area (Å²) >= 11 is 0.598. The van der Waals surface area contributed by atoms with Crippen molar-refractivity contribution in [2.45, 2.75) is 120 Å². The van der Waals surface area contributed by atoms with Gasteiger partial charge in [-0.1, -0.05) is 64.0 Å². The summed E-state index contributed by atoms with van der Waals surface area (Å²) in [7, 11) is -5.24. The number of ether oxygens (including phenoxy) is 4. The predicted octanol–water partition coefficient (Wildman–Crippen LogP) is 7.44. The van der Waals surface area contributed by atoms with Crippen LogP contribution in [0.4, 0.5) is 14.6 Å². The van der Waals surface area contributed by atoms with Gasteiger partial charge in [-0.15, -0.1) is 0 Å². The van der Waals surface area contributed by atoms with E-state index in [0.717, 1.165) is 36.0 Å². The van der Waals surface area contributed by atoms with Crippen LogP contribution in [-0.2, 0) is 42.5 Å². The number of hydrogen-bond donors (Lipinski definition) is 3. The van der Waals surface area contributed by atoms with Gasteiger partial charge in [0.1, 0.15) is 47.8 Å². The lowest BCUT2D eigenvalue weighted by atomic mass is 10.1. The molecule has 10 atom stereocenters. The van der Waals surface area contributed by atoms with Crippen molar-refractivity contribution in [3.63, 3.8) is 0 Å². The van der Waals surface area contributed by atoms with E-state index in [0.29, 0.717) is 45.0 Å². The number of esters is 1. The minimum Gasteiger partial charge on any atom is -0.494 e. The molecule has 0 bridgehead atoms. The number of aromatic nitrogens is 6. The molecule has 0 spiro atoms. The summed E-state index contributed by atoms with van der Waals surface area (Å²) in [5.74, 6) is 0.129. The predicted molar refractivity (Wildman–Crippen MR) is 250 cm³/mol. The maximum absolute atomic E-state index is 16.5. The first-order chi connectivity index (χ1) is 33.6. The molecule has 21 nitrogen and oxygen atoms in total. The molecule has 3 saturated heterocycles. The molecule has 4 N–H and O–H groups in total. The maximum atomic E-state index is 16.5. The monoisotopic (exact) mass is 1040 g/mol. The molecule has 378 valence electrons. The van der Waals surface area contributed by atoms with Gasteiger partial charge in [-0.3, -0.25) is 37.0 Å². The molecule has 0 aliphatic carbocycles. The number of anilines is 1. The topological polar surface area (TPSA) is 270 Å². The molecule has 3 aliphatic heterocycles. The van der Waals surface area contributed by atoms with Crippen molar-refractivity contribution in [3.8, 4) is 11.5 Å². The van der Waals surface area contributed by atoms with E-state index in [-0.39, 0.29) is 28.5 Å². The van der Waals surface area contributed by atoms with Crippen molar-refractivity contribution in [3.05, 3.63) is 105 Å². The Bertz CT molecular complexity index is 2840. The second kappa shape index (κ2) is 22.7. The largest absolute Gasteiger partial charge is 0.494 e. The lowest BCUT2D eigenvalue weighted by Gasteiger charge is -2.29. The molecule has 0 amide bonds. The van der Waals surface area contributed by atoms with Gasteiger partial charge < -0.3 is 29.6 Å². The zero-order valence-electron chi connectivity index (χ0n) is 38.1. The van der Waals surface area contributed by atoms with E-state index in [2.05, 4.69) is 21.9 Å². The minimum atomic E-state index is -5.24. The van der Waals surface area contributed by atoms with E-state index in [9.17, 15) is 28.4 Å². The molecule has 26 heteroatoms. The minimum absolute atomic E-state index is 0.0140. The van der Waals surface area contributed by atoms with Crippen molar-refractivity contribution >= 4 is 49.0 Å². The number of aromatic amines is 1. The van der Waals surface area contributed by atoms with Crippen LogP contribution in [0.25, 0.3) is 11.2 Å². The molecule has 3 aliphatic rings. The number of phosphoric acid groups is 1. The first-order valence-corrected chi connectivity index (χ1v) is 27.4. The van der Waals surface area contributed by atoms with Crippen LogP contribution in [0, 0.1) is 6.92 Å². The normalized spacial score (nSPS) is 28.1. The number of alkyl halides is 2. The zero-order chi connectivity index (χ0) is 49.6. The summed E-state index contributed by atoms with van der Waals surface area (Å²) < 4.78 is 109. The van der Waals surface area contributed by atoms with Crippen LogP contribution in [0.5, 0.6) is 11.5 Å². The molecule has 3 fully saturated rings. The molecule has 0 radical (unpaired) electrons. The lowest BCUT2D eigenvalue weighted by Crippen LogP contribution is -2.38. The number of halogens is 2. The highest BCUT2D eigenvalue weighted by Crippen LogP contribution is 2.65. The zero-order valence-corrected chi connectivity index (χ0v) is 40.7. The highest BCUT2D eigenvalue weighted by molar-refractivity contribution is 8.54. The van der Waals surface area contributed by atoms with Gasteiger partial charge in [-0.05, 0) is 66.2 Å². The molecule has 5 aromatic rings. The third-order valence-corrected chi connectivity index (χ3v) is 16.5. The molecule has 6 heterocycles. The van der Waals surface area contributed by atoms with Gasteiger partial charge >= 0.3 is 26.3 Å². The summed E-state index contributed by atoms with van der Waals surface area (Å²) in [6.45, 7) is -1.85. The number of rotatable bonds is 17. The Morgan fingerprint density at radius 1 is 0.871 bits per heavy atom. The average molecular weight is 1040 g/mol. The van der Waals surface area contributed by atoms with Crippen molar-refractivity contribution in [1.29, 1.82) is 0 Å².